The van der Waals surface area contributed by atoms with Gasteiger partial charge in [0.25, 0.3) is 0 Å². The van der Waals surface area contributed by atoms with E-state index in [0.717, 1.165) is 6.20 Å². The van der Waals surface area contributed by atoms with Gasteiger partial charge in [-0.25, -0.2) is 4.79 Å². The van der Waals surface area contributed by atoms with Crippen molar-refractivity contribution in [2.75, 3.05) is 5.73 Å². The Balaban J connectivity index is 3.13. The molecule has 0 aromatic carbocycles. The van der Waals surface area contributed by atoms with E-state index >= 15 is 0 Å². The molecular weight excluding hydrogens is 186 g/mol. The van der Waals surface area contributed by atoms with Crippen LogP contribution in [0.15, 0.2) is 17.1 Å². The third kappa shape index (κ3) is 1.80. The van der Waals surface area contributed by atoms with E-state index in [1.165, 1.54) is 6.07 Å². The van der Waals surface area contributed by atoms with Gasteiger partial charge in [0.2, 0.25) is 0 Å². The first-order chi connectivity index (χ1) is 5.61. The molecule has 0 amide bonds. The summed E-state index contributed by atoms with van der Waals surface area (Å²) in [6, 6.07) is 1.26. The molecule has 0 saturated heterocycles. The number of nitrogens with two attached hydrogens (primary N) is 1. The van der Waals surface area contributed by atoms with E-state index in [4.69, 9.17) is 10.3 Å². The maximum Gasteiger partial charge on any atom is 0.383 e. The van der Waals surface area contributed by atoms with Gasteiger partial charge in [0.05, 0.1) is 0 Å². The number of nitrogens with zero attached hydrogens (tertiary/aromatic N) is 2. The summed E-state index contributed by atoms with van der Waals surface area (Å²) in [4.78, 5) is 14.0. The molecule has 7 nitrogen and oxygen atoms in total. The van der Waals surface area contributed by atoms with Crippen LogP contribution in [0.25, 0.3) is 0 Å². The number of nitrogen functional groups attached to an aromatic ring is 1. The van der Waals surface area contributed by atoms with E-state index in [2.05, 4.69) is 9.27 Å². The summed E-state index contributed by atoms with van der Waals surface area (Å²) in [6.45, 7) is 0. The molecule has 0 spiro atoms. The second kappa shape index (κ2) is 3.32. The summed E-state index contributed by atoms with van der Waals surface area (Å²) in [5, 5.41) is 0. The monoisotopic (exact) mass is 191 g/mol. The van der Waals surface area contributed by atoms with Crippen LogP contribution < -0.4 is 15.7 Å². The van der Waals surface area contributed by atoms with Gasteiger partial charge in [-0.3, -0.25) is 8.84 Å². The molecule has 1 aromatic heterocycles. The predicted octanol–water partition coefficient (Wildman–Crippen LogP) is -1.61. The van der Waals surface area contributed by atoms with Gasteiger partial charge in [-0.2, -0.15) is 9.19 Å². The van der Waals surface area contributed by atoms with E-state index in [-0.39, 0.29) is 5.82 Å². The van der Waals surface area contributed by atoms with Crippen molar-refractivity contribution in [3.8, 4) is 0 Å². The molecule has 1 heterocycles. The van der Waals surface area contributed by atoms with Crippen LogP contribution in [0.2, 0.25) is 0 Å². The van der Waals surface area contributed by atoms with E-state index in [0.29, 0.717) is 4.73 Å². The van der Waals surface area contributed by atoms with Crippen LogP contribution in [-0.4, -0.2) is 18.5 Å². The van der Waals surface area contributed by atoms with Crippen LogP contribution in [-0.2, 0) is 11.4 Å². The Hall–Kier alpha value is -1.41. The molecule has 1 rings (SSSR count). The maximum absolute atomic E-state index is 10.8. The van der Waals surface area contributed by atoms with Crippen LogP contribution in [0.4, 0.5) is 5.82 Å². The lowest BCUT2D eigenvalue weighted by atomic mass is 10.6. The number of aromatic nitrogens is 2. The van der Waals surface area contributed by atoms with Gasteiger partial charge < -0.3 is 5.73 Å². The molecule has 12 heavy (non-hydrogen) atoms. The van der Waals surface area contributed by atoms with Crippen LogP contribution in [0.1, 0.15) is 0 Å². The second-order valence-electron chi connectivity index (χ2n) is 1.74. The normalized spacial score (nSPS) is 12.4. The molecule has 0 aliphatic carbocycles. The molecule has 1 atom stereocenters. The van der Waals surface area contributed by atoms with Gasteiger partial charge in [-0.1, -0.05) is 4.73 Å². The van der Waals surface area contributed by atoms with Crippen molar-refractivity contribution < 1.29 is 13.0 Å². The molecule has 0 bridgehead atoms. The van der Waals surface area contributed by atoms with E-state index in [1.807, 2.05) is 0 Å². The Bertz CT molecular complexity index is 362. The van der Waals surface area contributed by atoms with E-state index in [1.54, 1.807) is 0 Å². The summed E-state index contributed by atoms with van der Waals surface area (Å²) in [5.74, 6) is -0.0996. The first kappa shape index (κ1) is 8.68. The van der Waals surface area contributed by atoms with Crippen LogP contribution in [0, 0.1) is 0 Å². The van der Waals surface area contributed by atoms with Crippen molar-refractivity contribution in [2.45, 2.75) is 0 Å². The van der Waals surface area contributed by atoms with Crippen molar-refractivity contribution in [2.24, 2.45) is 0 Å². The molecule has 0 aliphatic heterocycles. The third-order valence-electron chi connectivity index (χ3n) is 0.977. The molecule has 3 N–H and O–H groups in total. The SMILES string of the molecule is Nc1ccnc(=O)n1OS(=O)O. The van der Waals surface area contributed by atoms with Crippen LogP contribution in [0.3, 0.4) is 0 Å². The molecule has 0 aliphatic rings. The minimum Gasteiger partial charge on any atom is -0.382 e. The quantitative estimate of drug-likeness (QED) is 0.544. The summed E-state index contributed by atoms with van der Waals surface area (Å²) in [6.07, 6.45) is 1.16. The fraction of sp³-hybridized carbons (Fsp3) is 0. The van der Waals surface area contributed by atoms with E-state index < -0.39 is 17.1 Å². The highest BCUT2D eigenvalue weighted by Gasteiger charge is 2.04. The molecule has 1 unspecified atom stereocenters. The number of anilines is 1. The van der Waals surface area contributed by atoms with Gasteiger partial charge in [-0.05, 0) is 0 Å². The Morgan fingerprint density at radius 3 is 2.92 bits per heavy atom. The standard InChI is InChI=1S/C4H5N3O4S/c5-3-1-2-6-4(8)7(3)11-12(9)10/h1-2H,5H2,(H,9,10). The zero-order valence-corrected chi connectivity index (χ0v) is 6.52. The summed E-state index contributed by atoms with van der Waals surface area (Å²) in [7, 11) is 0. The molecular formula is C4H5N3O4S. The van der Waals surface area contributed by atoms with Crippen LogP contribution in [0.5, 0.6) is 0 Å². The lowest BCUT2D eigenvalue weighted by Crippen LogP contribution is -2.31. The van der Waals surface area contributed by atoms with Gasteiger partial charge in [0.1, 0.15) is 5.82 Å². The lowest BCUT2D eigenvalue weighted by Gasteiger charge is -2.03. The highest BCUT2D eigenvalue weighted by molar-refractivity contribution is 7.74. The molecule has 66 valence electrons. The largest absolute Gasteiger partial charge is 0.383 e. The fourth-order valence-corrected chi connectivity index (χ4v) is 0.824. The molecule has 8 heteroatoms. The molecule has 0 fully saturated rings. The lowest BCUT2D eigenvalue weighted by molar-refractivity contribution is 0.260. The first-order valence-corrected chi connectivity index (χ1v) is 3.77. The first-order valence-electron chi connectivity index (χ1n) is 2.74. The van der Waals surface area contributed by atoms with Crippen molar-refractivity contribution in [1.29, 1.82) is 0 Å². The Morgan fingerprint density at radius 2 is 2.42 bits per heavy atom. The average Bonchev–Trinajstić information content (AvgIpc) is 1.97. The Morgan fingerprint density at radius 1 is 1.75 bits per heavy atom. The Kier molecular flexibility index (Phi) is 2.41. The number of rotatable bonds is 2. The predicted molar refractivity (Wildman–Crippen MR) is 40.3 cm³/mol. The van der Waals surface area contributed by atoms with Crippen molar-refractivity contribution in [1.82, 2.24) is 9.71 Å². The smallest absolute Gasteiger partial charge is 0.382 e. The second-order valence-corrected chi connectivity index (χ2v) is 2.32. The molecule has 0 saturated carbocycles. The third-order valence-corrected chi connectivity index (χ3v) is 1.25. The minimum atomic E-state index is -2.59. The van der Waals surface area contributed by atoms with Crippen LogP contribution >= 0.6 is 0 Å². The number of hydrogen-bond acceptors (Lipinski definition) is 5. The topological polar surface area (TPSA) is 107 Å². The minimum absolute atomic E-state index is 0.0996. The van der Waals surface area contributed by atoms with Crippen molar-refractivity contribution in [3.05, 3.63) is 22.7 Å². The summed E-state index contributed by atoms with van der Waals surface area (Å²) in [5.41, 5.74) is 4.37. The van der Waals surface area contributed by atoms with E-state index in [9.17, 15) is 9.00 Å². The fourth-order valence-electron chi connectivity index (χ4n) is 0.547. The Labute approximate surface area is 69.2 Å². The molecule has 0 radical (unpaired) electrons. The highest BCUT2D eigenvalue weighted by Crippen LogP contribution is 1.92. The highest BCUT2D eigenvalue weighted by atomic mass is 32.2. The van der Waals surface area contributed by atoms with Gasteiger partial charge in [0.15, 0.2) is 0 Å². The van der Waals surface area contributed by atoms with Crippen molar-refractivity contribution in [3.63, 3.8) is 0 Å². The maximum atomic E-state index is 10.8. The zero-order chi connectivity index (χ0) is 9.14. The van der Waals surface area contributed by atoms with Crippen molar-refractivity contribution >= 4 is 17.2 Å². The molecule has 1 aromatic rings. The summed E-state index contributed by atoms with van der Waals surface area (Å²) < 4.78 is 22.9. The van der Waals surface area contributed by atoms with Gasteiger partial charge in [-0.15, -0.1) is 0 Å². The number of hydrogen-bond donors (Lipinski definition) is 2. The zero-order valence-electron chi connectivity index (χ0n) is 5.71. The average molecular weight is 191 g/mol. The van der Waals surface area contributed by atoms with Gasteiger partial charge >= 0.3 is 17.1 Å². The summed E-state index contributed by atoms with van der Waals surface area (Å²) >= 11 is -2.59. The van der Waals surface area contributed by atoms with Gasteiger partial charge in [0, 0.05) is 12.3 Å².